The normalized spacial score (nSPS) is 16.4. The maximum absolute atomic E-state index is 11.8. The number of rotatable bonds is 5. The molecule has 98 valence electrons. The summed E-state index contributed by atoms with van der Waals surface area (Å²) in [5.74, 6) is 0.226. The van der Waals surface area contributed by atoms with Gasteiger partial charge < -0.3 is 16.0 Å². The largest absolute Gasteiger partial charge is 0.388 e. The average molecular weight is 240 g/mol. The Labute approximate surface area is 103 Å². The van der Waals surface area contributed by atoms with Gasteiger partial charge in [0.2, 0.25) is 0 Å². The molecule has 0 aromatic carbocycles. The van der Waals surface area contributed by atoms with E-state index in [0.717, 1.165) is 38.8 Å². The Balaban J connectivity index is 2.09. The van der Waals surface area contributed by atoms with Crippen LogP contribution in [0.4, 0.5) is 4.79 Å². The molecule has 4 N–H and O–H groups in total. The smallest absolute Gasteiger partial charge is 0.317 e. The minimum atomic E-state index is 0.0646. The van der Waals surface area contributed by atoms with Crippen LogP contribution in [-0.2, 0) is 0 Å². The zero-order valence-electron chi connectivity index (χ0n) is 10.5. The summed E-state index contributed by atoms with van der Waals surface area (Å²) < 4.78 is 0. The lowest BCUT2D eigenvalue weighted by Crippen LogP contribution is -2.40. The van der Waals surface area contributed by atoms with Crippen LogP contribution in [0.15, 0.2) is 0 Å². The van der Waals surface area contributed by atoms with Gasteiger partial charge in [0, 0.05) is 26.1 Å². The highest BCUT2D eigenvalue weighted by atomic mass is 16.2. The Kier molecular flexibility index (Phi) is 6.43. The Morgan fingerprint density at radius 1 is 1.18 bits per heavy atom. The van der Waals surface area contributed by atoms with Crippen molar-refractivity contribution in [2.24, 2.45) is 5.73 Å². The first kappa shape index (κ1) is 13.8. The number of nitrogens with zero attached hydrogens (tertiary/aromatic N) is 1. The molecule has 1 aliphatic rings. The van der Waals surface area contributed by atoms with Gasteiger partial charge in [0.15, 0.2) is 0 Å². The van der Waals surface area contributed by atoms with Crippen molar-refractivity contribution in [3.63, 3.8) is 0 Å². The highest BCUT2D eigenvalue weighted by Gasteiger charge is 2.14. The highest BCUT2D eigenvalue weighted by molar-refractivity contribution is 5.76. The van der Waals surface area contributed by atoms with E-state index in [-0.39, 0.29) is 11.9 Å². The van der Waals surface area contributed by atoms with Crippen molar-refractivity contribution in [1.29, 1.82) is 5.41 Å². The molecule has 1 rings (SSSR count). The number of carbonyl (C=O) groups is 1. The lowest BCUT2D eigenvalue weighted by Gasteiger charge is -2.20. The topological polar surface area (TPSA) is 82.2 Å². The van der Waals surface area contributed by atoms with Crippen molar-refractivity contribution in [2.45, 2.75) is 44.9 Å². The molecule has 1 saturated heterocycles. The number of nitrogens with one attached hydrogen (secondary N) is 2. The minimum absolute atomic E-state index is 0.0646. The van der Waals surface area contributed by atoms with Gasteiger partial charge in [-0.3, -0.25) is 5.41 Å². The van der Waals surface area contributed by atoms with Gasteiger partial charge in [-0.15, -0.1) is 0 Å². The molecule has 17 heavy (non-hydrogen) atoms. The molecule has 0 radical (unpaired) electrons. The van der Waals surface area contributed by atoms with E-state index in [9.17, 15) is 4.79 Å². The van der Waals surface area contributed by atoms with Crippen LogP contribution < -0.4 is 11.1 Å². The van der Waals surface area contributed by atoms with Gasteiger partial charge in [-0.2, -0.15) is 0 Å². The molecule has 0 unspecified atom stereocenters. The minimum Gasteiger partial charge on any atom is -0.388 e. The lowest BCUT2D eigenvalue weighted by atomic mass is 10.2. The van der Waals surface area contributed by atoms with Crippen LogP contribution in [0.2, 0.25) is 0 Å². The SMILES string of the molecule is N=C(N)CCCCNC(=O)N1CCCCCC1. The predicted molar refractivity (Wildman–Crippen MR) is 69.2 cm³/mol. The molecule has 0 aromatic rings. The van der Waals surface area contributed by atoms with Crippen LogP contribution in [0.3, 0.4) is 0 Å². The summed E-state index contributed by atoms with van der Waals surface area (Å²) in [4.78, 5) is 13.7. The molecule has 1 fully saturated rings. The van der Waals surface area contributed by atoms with Crippen molar-refractivity contribution in [3.05, 3.63) is 0 Å². The number of unbranched alkanes of at least 4 members (excludes halogenated alkanes) is 1. The van der Waals surface area contributed by atoms with Crippen molar-refractivity contribution < 1.29 is 4.79 Å². The quantitative estimate of drug-likeness (QED) is 0.388. The van der Waals surface area contributed by atoms with Gasteiger partial charge in [0.25, 0.3) is 0 Å². The molecular formula is C12H24N4O. The Morgan fingerprint density at radius 2 is 1.82 bits per heavy atom. The van der Waals surface area contributed by atoms with Crippen LogP contribution >= 0.6 is 0 Å². The first-order valence-corrected chi connectivity index (χ1v) is 6.56. The standard InChI is InChI=1S/C12H24N4O/c13-11(14)7-3-4-8-15-12(17)16-9-5-1-2-6-10-16/h1-10H2,(H3,13,14)(H,15,17). The van der Waals surface area contributed by atoms with E-state index >= 15 is 0 Å². The average Bonchev–Trinajstić information content (AvgIpc) is 2.56. The molecule has 0 spiro atoms. The van der Waals surface area contributed by atoms with E-state index in [4.69, 9.17) is 11.1 Å². The number of hydrogen-bond acceptors (Lipinski definition) is 2. The predicted octanol–water partition coefficient (Wildman–Crippen LogP) is 1.68. The first-order chi connectivity index (χ1) is 8.20. The van der Waals surface area contributed by atoms with Crippen molar-refractivity contribution >= 4 is 11.9 Å². The van der Waals surface area contributed by atoms with Gasteiger partial charge >= 0.3 is 6.03 Å². The summed E-state index contributed by atoms with van der Waals surface area (Å²) in [6.07, 6.45) is 7.11. The number of amidine groups is 1. The monoisotopic (exact) mass is 240 g/mol. The Morgan fingerprint density at radius 3 is 2.41 bits per heavy atom. The Hall–Kier alpha value is -1.26. The number of carbonyl (C=O) groups excluding carboxylic acids is 1. The molecule has 2 amide bonds. The van der Waals surface area contributed by atoms with Crippen LogP contribution in [0, 0.1) is 5.41 Å². The van der Waals surface area contributed by atoms with Gasteiger partial charge in [-0.25, -0.2) is 4.79 Å². The van der Waals surface area contributed by atoms with Gasteiger partial charge in [0.1, 0.15) is 0 Å². The molecule has 5 heteroatoms. The maximum Gasteiger partial charge on any atom is 0.317 e. The zero-order chi connectivity index (χ0) is 12.5. The molecule has 0 bridgehead atoms. The molecule has 1 aliphatic heterocycles. The van der Waals surface area contributed by atoms with E-state index in [1.807, 2.05) is 4.90 Å². The molecule has 0 aliphatic carbocycles. The van der Waals surface area contributed by atoms with Gasteiger partial charge in [-0.05, 0) is 25.7 Å². The fourth-order valence-electron chi connectivity index (χ4n) is 2.02. The van der Waals surface area contributed by atoms with Crippen LogP contribution in [0.25, 0.3) is 0 Å². The third kappa shape index (κ3) is 6.14. The van der Waals surface area contributed by atoms with E-state index in [1.54, 1.807) is 0 Å². The van der Waals surface area contributed by atoms with Crippen molar-refractivity contribution in [3.8, 4) is 0 Å². The second-order valence-corrected chi connectivity index (χ2v) is 4.62. The van der Waals surface area contributed by atoms with Gasteiger partial charge in [-0.1, -0.05) is 12.8 Å². The summed E-state index contributed by atoms with van der Waals surface area (Å²) in [5, 5.41) is 10.0. The molecule has 0 atom stereocenters. The van der Waals surface area contributed by atoms with Gasteiger partial charge in [0.05, 0.1) is 5.84 Å². The number of urea groups is 1. The zero-order valence-corrected chi connectivity index (χ0v) is 10.5. The molecule has 1 heterocycles. The fraction of sp³-hybridized carbons (Fsp3) is 0.833. The lowest BCUT2D eigenvalue weighted by molar-refractivity contribution is 0.199. The summed E-state index contributed by atoms with van der Waals surface area (Å²) in [6.45, 7) is 2.46. The Bertz CT molecular complexity index is 247. The summed E-state index contributed by atoms with van der Waals surface area (Å²) in [6, 6.07) is 0.0646. The first-order valence-electron chi connectivity index (χ1n) is 6.56. The number of likely N-dealkylation sites (tertiary alicyclic amines) is 1. The van der Waals surface area contributed by atoms with Crippen LogP contribution in [-0.4, -0.2) is 36.4 Å². The summed E-state index contributed by atoms with van der Waals surface area (Å²) >= 11 is 0. The molecular weight excluding hydrogens is 216 g/mol. The molecule has 0 aromatic heterocycles. The fourth-order valence-corrected chi connectivity index (χ4v) is 2.02. The molecule has 0 saturated carbocycles. The highest BCUT2D eigenvalue weighted by Crippen LogP contribution is 2.09. The van der Waals surface area contributed by atoms with Crippen LogP contribution in [0.5, 0.6) is 0 Å². The van der Waals surface area contributed by atoms with Crippen LogP contribution in [0.1, 0.15) is 44.9 Å². The third-order valence-electron chi connectivity index (χ3n) is 3.04. The summed E-state index contributed by atoms with van der Waals surface area (Å²) in [5.41, 5.74) is 5.26. The van der Waals surface area contributed by atoms with E-state index in [0.29, 0.717) is 13.0 Å². The molecule has 5 nitrogen and oxygen atoms in total. The third-order valence-corrected chi connectivity index (χ3v) is 3.04. The second kappa shape index (κ2) is 7.92. The van der Waals surface area contributed by atoms with E-state index in [1.165, 1.54) is 12.8 Å². The number of hydrogen-bond donors (Lipinski definition) is 3. The summed E-state index contributed by atoms with van der Waals surface area (Å²) in [7, 11) is 0. The maximum atomic E-state index is 11.8. The van der Waals surface area contributed by atoms with E-state index in [2.05, 4.69) is 5.32 Å². The van der Waals surface area contributed by atoms with Crippen molar-refractivity contribution in [1.82, 2.24) is 10.2 Å². The second-order valence-electron chi connectivity index (χ2n) is 4.62. The number of nitrogens with two attached hydrogens (primary N) is 1. The van der Waals surface area contributed by atoms with Crippen molar-refractivity contribution in [2.75, 3.05) is 19.6 Å². The van der Waals surface area contributed by atoms with E-state index < -0.39 is 0 Å². The number of amides is 2.